The van der Waals surface area contributed by atoms with Gasteiger partial charge in [0.05, 0.1) is 22.5 Å². The molecule has 0 amide bonds. The molecule has 2 N–H and O–H groups in total. The van der Waals surface area contributed by atoms with Crippen molar-refractivity contribution in [1.82, 2.24) is 15.3 Å². The van der Waals surface area contributed by atoms with Gasteiger partial charge in [0.2, 0.25) is 0 Å². The third-order valence-corrected chi connectivity index (χ3v) is 4.27. The van der Waals surface area contributed by atoms with Crippen LogP contribution in [0.4, 0.5) is 0 Å². The minimum Gasteiger partial charge on any atom is -0.341 e. The Bertz CT molecular complexity index is 676. The van der Waals surface area contributed by atoms with Gasteiger partial charge in [-0.15, -0.1) is 0 Å². The van der Waals surface area contributed by atoms with Gasteiger partial charge in [-0.25, -0.2) is 13.4 Å². The van der Waals surface area contributed by atoms with E-state index in [0.29, 0.717) is 17.5 Å². The largest absolute Gasteiger partial charge is 0.341 e. The van der Waals surface area contributed by atoms with Gasteiger partial charge in [0.25, 0.3) is 0 Å². The number of nitrogens with one attached hydrogen (secondary N) is 2. The summed E-state index contributed by atoms with van der Waals surface area (Å²) in [5.41, 5.74) is 1.54. The fraction of sp³-hybridized carbons (Fsp3) is 0.462. The van der Waals surface area contributed by atoms with Gasteiger partial charge in [0, 0.05) is 12.3 Å². The van der Waals surface area contributed by atoms with Crippen LogP contribution in [0.25, 0.3) is 11.0 Å². The number of nitrogens with zero attached hydrogens (tertiary/aromatic N) is 1. The second-order valence-electron chi connectivity index (χ2n) is 4.82. The number of H-pyrrole nitrogens is 1. The molecule has 0 fully saturated rings. The molecule has 2 rings (SSSR count). The molecule has 0 saturated carbocycles. The summed E-state index contributed by atoms with van der Waals surface area (Å²) in [4.78, 5) is 7.89. The standard InChI is InChI=1S/C13H19N3O2S/c1-4-9(2)14-8-13-15-11-6-5-10(19(3,17)18)7-12(11)16-13/h5-7,9,14H,4,8H2,1-3H3,(H,15,16). The maximum Gasteiger partial charge on any atom is 0.175 e. The highest BCUT2D eigenvalue weighted by Gasteiger charge is 2.10. The zero-order valence-electron chi connectivity index (χ0n) is 11.4. The van der Waals surface area contributed by atoms with E-state index in [4.69, 9.17) is 0 Å². The number of hydrogen-bond acceptors (Lipinski definition) is 4. The van der Waals surface area contributed by atoms with E-state index in [9.17, 15) is 8.42 Å². The van der Waals surface area contributed by atoms with Crippen LogP contribution in [0.1, 0.15) is 26.1 Å². The molecule has 0 aliphatic carbocycles. The summed E-state index contributed by atoms with van der Waals surface area (Å²) in [6, 6.07) is 5.38. The number of imidazole rings is 1. The average Bonchev–Trinajstić information content (AvgIpc) is 2.76. The van der Waals surface area contributed by atoms with Crippen LogP contribution >= 0.6 is 0 Å². The Morgan fingerprint density at radius 1 is 1.42 bits per heavy atom. The molecule has 1 unspecified atom stereocenters. The minimum atomic E-state index is -3.18. The van der Waals surface area contributed by atoms with Crippen molar-refractivity contribution < 1.29 is 8.42 Å². The highest BCUT2D eigenvalue weighted by atomic mass is 32.2. The Morgan fingerprint density at radius 3 is 2.79 bits per heavy atom. The molecule has 0 spiro atoms. The molecular weight excluding hydrogens is 262 g/mol. The van der Waals surface area contributed by atoms with E-state index < -0.39 is 9.84 Å². The monoisotopic (exact) mass is 281 g/mol. The zero-order chi connectivity index (χ0) is 14.0. The lowest BCUT2D eigenvalue weighted by Crippen LogP contribution is -2.24. The summed E-state index contributed by atoms with van der Waals surface area (Å²) in [6.07, 6.45) is 2.26. The summed E-state index contributed by atoms with van der Waals surface area (Å²) in [5, 5.41) is 3.34. The molecule has 1 aromatic carbocycles. The average molecular weight is 281 g/mol. The van der Waals surface area contributed by atoms with Gasteiger partial charge in [-0.05, 0) is 31.5 Å². The van der Waals surface area contributed by atoms with E-state index >= 15 is 0 Å². The van der Waals surface area contributed by atoms with Crippen LogP contribution in [0.5, 0.6) is 0 Å². The van der Waals surface area contributed by atoms with Crippen LogP contribution in [0.2, 0.25) is 0 Å². The van der Waals surface area contributed by atoms with Crippen molar-refractivity contribution in [1.29, 1.82) is 0 Å². The quantitative estimate of drug-likeness (QED) is 0.877. The van der Waals surface area contributed by atoms with E-state index in [1.165, 1.54) is 6.26 Å². The molecule has 0 aliphatic rings. The molecule has 5 nitrogen and oxygen atoms in total. The SMILES string of the molecule is CCC(C)NCc1nc2ccc(S(C)(=O)=O)cc2[nH]1. The second-order valence-corrected chi connectivity index (χ2v) is 6.84. The maximum atomic E-state index is 11.5. The van der Waals surface area contributed by atoms with E-state index in [1.807, 2.05) is 0 Å². The number of hydrogen-bond donors (Lipinski definition) is 2. The Kier molecular flexibility index (Phi) is 3.91. The Morgan fingerprint density at radius 2 is 2.16 bits per heavy atom. The van der Waals surface area contributed by atoms with Gasteiger partial charge in [0.1, 0.15) is 5.82 Å². The summed E-state index contributed by atoms with van der Waals surface area (Å²) >= 11 is 0. The molecule has 6 heteroatoms. The number of aromatic nitrogens is 2. The molecular formula is C13H19N3O2S. The smallest absolute Gasteiger partial charge is 0.175 e. The highest BCUT2D eigenvalue weighted by molar-refractivity contribution is 7.90. The van der Waals surface area contributed by atoms with Crippen LogP contribution in [0, 0.1) is 0 Å². The lowest BCUT2D eigenvalue weighted by molar-refractivity contribution is 0.525. The minimum absolute atomic E-state index is 0.310. The normalized spacial score (nSPS) is 13.8. The highest BCUT2D eigenvalue weighted by Crippen LogP contribution is 2.17. The third kappa shape index (κ3) is 3.33. The molecule has 1 atom stereocenters. The topological polar surface area (TPSA) is 74.8 Å². The first kappa shape index (κ1) is 14.0. The van der Waals surface area contributed by atoms with Gasteiger partial charge in [-0.1, -0.05) is 6.92 Å². The summed E-state index contributed by atoms with van der Waals surface area (Å²) < 4.78 is 23.0. The van der Waals surface area contributed by atoms with E-state index in [2.05, 4.69) is 29.1 Å². The predicted octanol–water partition coefficient (Wildman–Crippen LogP) is 1.85. The van der Waals surface area contributed by atoms with Crippen LogP contribution < -0.4 is 5.32 Å². The zero-order valence-corrected chi connectivity index (χ0v) is 12.2. The molecule has 1 heterocycles. The van der Waals surface area contributed by atoms with E-state index in [1.54, 1.807) is 18.2 Å². The summed E-state index contributed by atoms with van der Waals surface area (Å²) in [7, 11) is -3.18. The van der Waals surface area contributed by atoms with E-state index in [0.717, 1.165) is 23.3 Å². The lowest BCUT2D eigenvalue weighted by Gasteiger charge is -2.08. The van der Waals surface area contributed by atoms with Crippen LogP contribution in [0.15, 0.2) is 23.1 Å². The van der Waals surface area contributed by atoms with Crippen LogP contribution in [-0.4, -0.2) is 30.7 Å². The van der Waals surface area contributed by atoms with Gasteiger partial charge in [-0.3, -0.25) is 0 Å². The van der Waals surface area contributed by atoms with Gasteiger partial charge < -0.3 is 10.3 Å². The molecule has 1 aromatic heterocycles. The first-order valence-electron chi connectivity index (χ1n) is 6.32. The Balaban J connectivity index is 2.26. The van der Waals surface area contributed by atoms with Crippen molar-refractivity contribution in [3.63, 3.8) is 0 Å². The fourth-order valence-electron chi connectivity index (χ4n) is 1.77. The van der Waals surface area contributed by atoms with Crippen molar-refractivity contribution in [2.75, 3.05) is 6.26 Å². The van der Waals surface area contributed by atoms with Crippen LogP contribution in [0.3, 0.4) is 0 Å². The number of benzene rings is 1. The molecule has 0 aliphatic heterocycles. The molecule has 104 valence electrons. The Hall–Kier alpha value is -1.40. The molecule has 19 heavy (non-hydrogen) atoms. The van der Waals surface area contributed by atoms with Crippen molar-refractivity contribution in [2.24, 2.45) is 0 Å². The van der Waals surface area contributed by atoms with Gasteiger partial charge >= 0.3 is 0 Å². The number of rotatable bonds is 5. The van der Waals surface area contributed by atoms with Gasteiger partial charge in [-0.2, -0.15) is 0 Å². The molecule has 0 radical (unpaired) electrons. The van der Waals surface area contributed by atoms with Crippen molar-refractivity contribution >= 4 is 20.9 Å². The number of fused-ring (bicyclic) bond motifs is 1. The number of aromatic amines is 1. The molecule has 2 aromatic rings. The first-order chi connectivity index (χ1) is 8.90. The fourth-order valence-corrected chi connectivity index (χ4v) is 2.42. The number of sulfone groups is 1. The predicted molar refractivity (Wildman–Crippen MR) is 75.8 cm³/mol. The van der Waals surface area contributed by atoms with Crippen molar-refractivity contribution in [3.05, 3.63) is 24.0 Å². The lowest BCUT2D eigenvalue weighted by atomic mass is 10.2. The Labute approximate surface area is 113 Å². The maximum absolute atomic E-state index is 11.5. The summed E-state index contributed by atoms with van der Waals surface area (Å²) in [6.45, 7) is 4.89. The van der Waals surface area contributed by atoms with Crippen molar-refractivity contribution in [2.45, 2.75) is 37.8 Å². The van der Waals surface area contributed by atoms with Gasteiger partial charge in [0.15, 0.2) is 9.84 Å². The first-order valence-corrected chi connectivity index (χ1v) is 8.21. The van der Waals surface area contributed by atoms with Crippen LogP contribution in [-0.2, 0) is 16.4 Å². The summed E-state index contributed by atoms with van der Waals surface area (Å²) in [5.74, 6) is 0.820. The van der Waals surface area contributed by atoms with Crippen molar-refractivity contribution in [3.8, 4) is 0 Å². The third-order valence-electron chi connectivity index (χ3n) is 3.16. The van der Waals surface area contributed by atoms with E-state index in [-0.39, 0.29) is 0 Å². The molecule has 0 bridgehead atoms. The second kappa shape index (κ2) is 5.30. The molecule has 0 saturated heterocycles.